The Bertz CT molecular complexity index is 468. The lowest BCUT2D eigenvalue weighted by Crippen LogP contribution is -2.22. The molecule has 1 heterocycles. The molecule has 0 saturated carbocycles. The maximum atomic E-state index is 10.9. The third-order valence-electron chi connectivity index (χ3n) is 2.87. The van der Waals surface area contributed by atoms with Gasteiger partial charge in [0.1, 0.15) is 0 Å². The van der Waals surface area contributed by atoms with Crippen LogP contribution in [0.1, 0.15) is 29.8 Å². The van der Waals surface area contributed by atoms with Crippen molar-refractivity contribution in [2.75, 3.05) is 13.4 Å². The zero-order valence-corrected chi connectivity index (χ0v) is 10.4. The van der Waals surface area contributed by atoms with Crippen molar-refractivity contribution in [2.24, 2.45) is 0 Å². The van der Waals surface area contributed by atoms with Crippen molar-refractivity contribution < 1.29 is 19.4 Å². The topological polar surface area (TPSA) is 55.8 Å². The summed E-state index contributed by atoms with van der Waals surface area (Å²) in [5.41, 5.74) is 0.516. The summed E-state index contributed by atoms with van der Waals surface area (Å²) < 4.78 is 10.6. The highest BCUT2D eigenvalue weighted by Crippen LogP contribution is 2.46. The summed E-state index contributed by atoms with van der Waals surface area (Å²) in [5, 5.41) is 9.69. The van der Waals surface area contributed by atoms with Gasteiger partial charge < -0.3 is 14.6 Å². The molecule has 0 unspecified atom stereocenters. The van der Waals surface area contributed by atoms with Gasteiger partial charge in [0.05, 0.1) is 17.2 Å². The zero-order valence-electron chi connectivity index (χ0n) is 9.62. The molecule has 0 aliphatic carbocycles. The van der Waals surface area contributed by atoms with Crippen molar-refractivity contribution in [1.29, 1.82) is 0 Å². The van der Waals surface area contributed by atoms with Gasteiger partial charge in [0.25, 0.3) is 0 Å². The quantitative estimate of drug-likeness (QED) is 0.842. The van der Waals surface area contributed by atoms with Crippen molar-refractivity contribution in [2.45, 2.75) is 19.3 Å². The van der Waals surface area contributed by atoms with E-state index in [0.29, 0.717) is 22.8 Å². The summed E-state index contributed by atoms with van der Waals surface area (Å²) in [6.07, 6.45) is 0.644. The van der Waals surface area contributed by atoms with E-state index in [4.69, 9.17) is 21.1 Å². The molecule has 0 atom stereocenters. The van der Waals surface area contributed by atoms with Crippen LogP contribution in [0.2, 0.25) is 5.02 Å². The lowest BCUT2D eigenvalue weighted by Gasteiger charge is -2.24. The van der Waals surface area contributed by atoms with E-state index in [-0.39, 0.29) is 19.0 Å². The lowest BCUT2D eigenvalue weighted by molar-refractivity contribution is 0.111. The van der Waals surface area contributed by atoms with E-state index >= 15 is 0 Å². The number of halogens is 1. The highest BCUT2D eigenvalue weighted by atomic mass is 35.5. The van der Waals surface area contributed by atoms with Crippen LogP contribution in [0.25, 0.3) is 0 Å². The van der Waals surface area contributed by atoms with Crippen LogP contribution in [0.3, 0.4) is 0 Å². The fourth-order valence-corrected chi connectivity index (χ4v) is 1.99. The second-order valence-corrected chi connectivity index (χ2v) is 4.95. The van der Waals surface area contributed by atoms with Gasteiger partial charge in [-0.2, -0.15) is 0 Å². The summed E-state index contributed by atoms with van der Waals surface area (Å²) in [5.74, 6) is 0.861. The second kappa shape index (κ2) is 4.20. The lowest BCUT2D eigenvalue weighted by atomic mass is 9.84. The van der Waals surface area contributed by atoms with Crippen molar-refractivity contribution in [3.8, 4) is 11.5 Å². The first-order valence-electron chi connectivity index (χ1n) is 5.20. The van der Waals surface area contributed by atoms with E-state index in [1.165, 1.54) is 0 Å². The van der Waals surface area contributed by atoms with Crippen molar-refractivity contribution in [3.63, 3.8) is 0 Å². The molecule has 2 rings (SSSR count). The summed E-state index contributed by atoms with van der Waals surface area (Å²) in [6, 6.07) is 1.65. The molecule has 0 spiro atoms. The number of aliphatic hydroxyl groups is 1. The number of aliphatic hydroxyl groups excluding tert-OH is 1. The first-order chi connectivity index (χ1) is 8.01. The van der Waals surface area contributed by atoms with E-state index in [1.807, 2.05) is 13.8 Å². The van der Waals surface area contributed by atoms with Crippen LogP contribution in [0.5, 0.6) is 11.5 Å². The van der Waals surface area contributed by atoms with Gasteiger partial charge in [0.15, 0.2) is 17.8 Å². The van der Waals surface area contributed by atoms with Crippen molar-refractivity contribution in [3.05, 3.63) is 22.2 Å². The maximum absolute atomic E-state index is 10.9. The maximum Gasteiger partial charge on any atom is 0.231 e. The monoisotopic (exact) mass is 256 g/mol. The minimum atomic E-state index is -0.511. The van der Waals surface area contributed by atoms with Gasteiger partial charge in [-0.15, -0.1) is 0 Å². The van der Waals surface area contributed by atoms with Gasteiger partial charge >= 0.3 is 0 Å². The molecule has 5 heteroatoms. The number of carbonyl (C=O) groups is 1. The minimum Gasteiger partial charge on any atom is -0.453 e. The molecule has 0 saturated heterocycles. The van der Waals surface area contributed by atoms with Crippen LogP contribution in [-0.2, 0) is 5.41 Å². The van der Waals surface area contributed by atoms with E-state index < -0.39 is 5.41 Å². The van der Waals surface area contributed by atoms with E-state index in [1.54, 1.807) is 6.07 Å². The van der Waals surface area contributed by atoms with Crippen LogP contribution < -0.4 is 9.47 Å². The number of benzene rings is 1. The van der Waals surface area contributed by atoms with E-state index in [9.17, 15) is 9.90 Å². The van der Waals surface area contributed by atoms with Gasteiger partial charge in [-0.3, -0.25) is 4.79 Å². The van der Waals surface area contributed by atoms with Gasteiger partial charge in [-0.25, -0.2) is 0 Å². The third kappa shape index (κ3) is 1.87. The van der Waals surface area contributed by atoms with Crippen molar-refractivity contribution >= 4 is 17.9 Å². The number of fused-ring (bicyclic) bond motifs is 1. The standard InChI is InChI=1S/C12H13ClO4/c1-12(2,5-15)8-3-9(13)7(4-14)10-11(8)17-6-16-10/h3-4,15H,5-6H2,1-2H3. The fraction of sp³-hybridized carbons (Fsp3) is 0.417. The smallest absolute Gasteiger partial charge is 0.231 e. The molecule has 0 amide bonds. The molecule has 0 fully saturated rings. The first kappa shape index (κ1) is 12.2. The number of hydrogen-bond donors (Lipinski definition) is 1. The Labute approximate surface area is 104 Å². The van der Waals surface area contributed by atoms with Crippen LogP contribution in [0.4, 0.5) is 0 Å². The summed E-state index contributed by atoms with van der Waals surface area (Å²) in [7, 11) is 0. The molecule has 0 aromatic heterocycles. The minimum absolute atomic E-state index is 0.0560. The molecule has 0 bridgehead atoms. The van der Waals surface area contributed by atoms with Crippen molar-refractivity contribution in [1.82, 2.24) is 0 Å². The molecule has 0 radical (unpaired) electrons. The Morgan fingerprint density at radius 3 is 2.71 bits per heavy atom. The Morgan fingerprint density at radius 1 is 1.47 bits per heavy atom. The largest absolute Gasteiger partial charge is 0.453 e. The summed E-state index contributed by atoms with van der Waals surface area (Å²) in [6.45, 7) is 3.73. The highest BCUT2D eigenvalue weighted by molar-refractivity contribution is 6.33. The molecule has 1 aliphatic rings. The Hall–Kier alpha value is -1.26. The van der Waals surface area contributed by atoms with Crippen LogP contribution >= 0.6 is 11.6 Å². The number of rotatable bonds is 3. The Balaban J connectivity index is 2.68. The van der Waals surface area contributed by atoms with Gasteiger partial charge in [0, 0.05) is 11.0 Å². The normalized spacial score (nSPS) is 13.9. The van der Waals surface area contributed by atoms with Gasteiger partial charge in [-0.1, -0.05) is 25.4 Å². The molecule has 17 heavy (non-hydrogen) atoms. The molecule has 1 aromatic rings. The number of hydrogen-bond acceptors (Lipinski definition) is 4. The van der Waals surface area contributed by atoms with Gasteiger partial charge in [-0.05, 0) is 6.07 Å². The predicted molar refractivity (Wildman–Crippen MR) is 63.1 cm³/mol. The average Bonchev–Trinajstić information content (AvgIpc) is 2.76. The third-order valence-corrected chi connectivity index (χ3v) is 3.19. The number of aldehydes is 1. The number of carbonyl (C=O) groups excluding carboxylic acids is 1. The van der Waals surface area contributed by atoms with E-state index in [0.717, 1.165) is 5.56 Å². The molecular weight excluding hydrogens is 244 g/mol. The Kier molecular flexibility index (Phi) is 3.02. The first-order valence-corrected chi connectivity index (χ1v) is 5.57. The SMILES string of the molecule is CC(C)(CO)c1cc(Cl)c(C=O)c2c1OCO2. The van der Waals surface area contributed by atoms with Crippen LogP contribution in [-0.4, -0.2) is 24.8 Å². The molecular formula is C12H13ClO4. The van der Waals surface area contributed by atoms with Crippen LogP contribution in [0.15, 0.2) is 6.07 Å². The van der Waals surface area contributed by atoms with Gasteiger partial charge in [0.2, 0.25) is 6.79 Å². The molecule has 1 N–H and O–H groups in total. The zero-order chi connectivity index (χ0) is 12.6. The van der Waals surface area contributed by atoms with E-state index in [2.05, 4.69) is 0 Å². The second-order valence-electron chi connectivity index (χ2n) is 4.54. The number of ether oxygens (including phenoxy) is 2. The molecule has 1 aliphatic heterocycles. The molecule has 92 valence electrons. The average molecular weight is 257 g/mol. The predicted octanol–water partition coefficient (Wildman–Crippen LogP) is 2.15. The molecule has 4 nitrogen and oxygen atoms in total. The fourth-order valence-electron chi connectivity index (χ4n) is 1.75. The highest BCUT2D eigenvalue weighted by Gasteiger charge is 2.32. The summed E-state index contributed by atoms with van der Waals surface area (Å²) >= 11 is 6.03. The molecule has 1 aromatic carbocycles. The van der Waals surface area contributed by atoms with Crippen LogP contribution in [0, 0.1) is 0 Å². The Morgan fingerprint density at radius 2 is 2.12 bits per heavy atom. The summed E-state index contributed by atoms with van der Waals surface area (Å²) in [4.78, 5) is 10.9.